The van der Waals surface area contributed by atoms with Crippen molar-refractivity contribution in [2.75, 3.05) is 31.0 Å². The van der Waals surface area contributed by atoms with E-state index >= 15 is 0 Å². The van der Waals surface area contributed by atoms with Gasteiger partial charge in [0.05, 0.1) is 37.1 Å². The molecule has 8 nitrogen and oxygen atoms in total. The second kappa shape index (κ2) is 11.8. The van der Waals surface area contributed by atoms with Gasteiger partial charge in [0.1, 0.15) is 34.2 Å². The normalized spacial score (nSPS) is 10.7. The molecule has 5 rings (SSSR count). The van der Waals surface area contributed by atoms with E-state index in [1.54, 1.807) is 36.6 Å². The van der Waals surface area contributed by atoms with E-state index in [-0.39, 0.29) is 5.91 Å². The number of benzene rings is 3. The SMILES string of the molecule is CCOc1cc(Nc2ncnc3scc(-c4ccc(OC)cc4)c23)c(OCC)cc1NC(=O)c1ccccc1. The van der Waals surface area contributed by atoms with Gasteiger partial charge in [0.25, 0.3) is 5.91 Å². The molecule has 3 aromatic carbocycles. The number of amides is 1. The average Bonchev–Trinajstić information content (AvgIpc) is 3.41. The quantitative estimate of drug-likeness (QED) is 0.194. The highest BCUT2D eigenvalue weighted by molar-refractivity contribution is 7.17. The molecule has 1 amide bonds. The maximum atomic E-state index is 12.9. The highest BCUT2D eigenvalue weighted by Crippen LogP contribution is 2.42. The van der Waals surface area contributed by atoms with Crippen molar-refractivity contribution in [3.8, 4) is 28.4 Å². The monoisotopic (exact) mass is 540 g/mol. The molecule has 0 radical (unpaired) electrons. The number of carbonyl (C=O) groups excluding carboxylic acids is 1. The van der Waals surface area contributed by atoms with Crippen molar-refractivity contribution in [3.63, 3.8) is 0 Å². The van der Waals surface area contributed by atoms with Crippen LogP contribution in [0.2, 0.25) is 0 Å². The fraction of sp³-hybridized carbons (Fsp3) is 0.167. The number of ether oxygens (including phenoxy) is 3. The highest BCUT2D eigenvalue weighted by atomic mass is 32.1. The van der Waals surface area contributed by atoms with Crippen molar-refractivity contribution < 1.29 is 19.0 Å². The van der Waals surface area contributed by atoms with Crippen molar-refractivity contribution in [2.24, 2.45) is 0 Å². The number of aromatic nitrogens is 2. The summed E-state index contributed by atoms with van der Waals surface area (Å²) in [5.74, 6) is 2.25. The van der Waals surface area contributed by atoms with Crippen LogP contribution in [0.5, 0.6) is 17.2 Å². The smallest absolute Gasteiger partial charge is 0.255 e. The summed E-state index contributed by atoms with van der Waals surface area (Å²) < 4.78 is 17.2. The minimum absolute atomic E-state index is 0.236. The van der Waals surface area contributed by atoms with E-state index in [4.69, 9.17) is 14.2 Å². The minimum Gasteiger partial charge on any atom is -0.497 e. The number of fused-ring (bicyclic) bond motifs is 1. The van der Waals surface area contributed by atoms with Crippen molar-refractivity contribution in [1.29, 1.82) is 0 Å². The van der Waals surface area contributed by atoms with E-state index in [0.717, 1.165) is 27.1 Å². The molecule has 0 bridgehead atoms. The summed E-state index contributed by atoms with van der Waals surface area (Å²) in [5.41, 5.74) is 3.76. The lowest BCUT2D eigenvalue weighted by Crippen LogP contribution is -2.13. The maximum absolute atomic E-state index is 12.9. The zero-order valence-corrected chi connectivity index (χ0v) is 22.7. The molecule has 39 heavy (non-hydrogen) atoms. The molecule has 0 spiro atoms. The van der Waals surface area contributed by atoms with E-state index < -0.39 is 0 Å². The molecule has 0 atom stereocenters. The first kappa shape index (κ1) is 26.0. The molecule has 0 unspecified atom stereocenters. The Bertz CT molecular complexity index is 1590. The van der Waals surface area contributed by atoms with Crippen LogP contribution in [0.1, 0.15) is 24.2 Å². The molecule has 0 saturated carbocycles. The molecule has 9 heteroatoms. The van der Waals surface area contributed by atoms with Crippen LogP contribution in [0.25, 0.3) is 21.3 Å². The summed E-state index contributed by atoms with van der Waals surface area (Å²) in [6.07, 6.45) is 1.54. The third-order valence-electron chi connectivity index (χ3n) is 5.99. The van der Waals surface area contributed by atoms with Crippen LogP contribution < -0.4 is 24.8 Å². The topological polar surface area (TPSA) is 94.6 Å². The number of anilines is 3. The molecule has 0 aliphatic heterocycles. The maximum Gasteiger partial charge on any atom is 0.255 e. The Labute approximate surface area is 230 Å². The fourth-order valence-electron chi connectivity index (χ4n) is 4.17. The van der Waals surface area contributed by atoms with Crippen LogP contribution in [-0.4, -0.2) is 36.2 Å². The molecule has 2 N–H and O–H groups in total. The third-order valence-corrected chi connectivity index (χ3v) is 6.88. The van der Waals surface area contributed by atoms with Gasteiger partial charge in [-0.05, 0) is 43.7 Å². The van der Waals surface area contributed by atoms with Gasteiger partial charge in [0.15, 0.2) is 0 Å². The zero-order chi connectivity index (χ0) is 27.2. The number of nitrogens with one attached hydrogen (secondary N) is 2. The van der Waals surface area contributed by atoms with Crippen LogP contribution in [0.3, 0.4) is 0 Å². The number of thiophene rings is 1. The van der Waals surface area contributed by atoms with Gasteiger partial charge in [0, 0.05) is 28.6 Å². The number of rotatable bonds is 10. The first-order valence-corrected chi connectivity index (χ1v) is 13.4. The van der Waals surface area contributed by atoms with Crippen molar-refractivity contribution in [1.82, 2.24) is 9.97 Å². The number of hydrogen-bond donors (Lipinski definition) is 2. The molecule has 2 aromatic heterocycles. The van der Waals surface area contributed by atoms with Crippen molar-refractivity contribution >= 4 is 44.7 Å². The molecule has 2 heterocycles. The lowest BCUT2D eigenvalue weighted by Gasteiger charge is -2.18. The number of hydrogen-bond acceptors (Lipinski definition) is 8. The Morgan fingerprint density at radius 1 is 0.897 bits per heavy atom. The van der Waals surface area contributed by atoms with E-state index in [1.807, 2.05) is 62.4 Å². The molecular formula is C30H28N4O4S. The van der Waals surface area contributed by atoms with Gasteiger partial charge in [-0.25, -0.2) is 9.97 Å². The van der Waals surface area contributed by atoms with Gasteiger partial charge in [-0.1, -0.05) is 30.3 Å². The first-order chi connectivity index (χ1) is 19.1. The lowest BCUT2D eigenvalue weighted by atomic mass is 10.1. The molecule has 198 valence electrons. The summed E-state index contributed by atoms with van der Waals surface area (Å²) in [7, 11) is 1.65. The molecule has 0 fully saturated rings. The lowest BCUT2D eigenvalue weighted by molar-refractivity contribution is 0.102. The van der Waals surface area contributed by atoms with Gasteiger partial charge < -0.3 is 24.8 Å². The van der Waals surface area contributed by atoms with E-state index in [0.29, 0.717) is 47.5 Å². The first-order valence-electron chi connectivity index (χ1n) is 12.5. The van der Waals surface area contributed by atoms with Crippen molar-refractivity contribution in [2.45, 2.75) is 13.8 Å². The highest BCUT2D eigenvalue weighted by Gasteiger charge is 2.19. The standard InChI is InChI=1S/C30H28N4O4S/c1-4-37-25-16-24(34-29(35)20-9-7-6-8-10-20)26(38-5-2)15-23(25)33-28-27-22(17-39-30(27)32-18-31-28)19-11-13-21(36-3)14-12-19/h6-18H,4-5H2,1-3H3,(H,34,35)(H,31,32,33). The van der Waals surface area contributed by atoms with Crippen LogP contribution in [0.15, 0.2) is 78.4 Å². The predicted octanol–water partition coefficient (Wildman–Crippen LogP) is 7.16. The molecule has 0 aliphatic carbocycles. The predicted molar refractivity (Wildman–Crippen MR) is 156 cm³/mol. The number of carbonyl (C=O) groups is 1. The Morgan fingerprint density at radius 3 is 2.28 bits per heavy atom. The summed E-state index contributed by atoms with van der Waals surface area (Å²) in [6, 6.07) is 20.5. The van der Waals surface area contributed by atoms with Crippen LogP contribution in [0, 0.1) is 0 Å². The van der Waals surface area contributed by atoms with Crippen LogP contribution >= 0.6 is 11.3 Å². The van der Waals surface area contributed by atoms with Gasteiger partial charge >= 0.3 is 0 Å². The van der Waals surface area contributed by atoms with E-state index in [9.17, 15) is 4.79 Å². The zero-order valence-electron chi connectivity index (χ0n) is 21.9. The van der Waals surface area contributed by atoms with Crippen LogP contribution in [-0.2, 0) is 0 Å². The summed E-state index contributed by atoms with van der Waals surface area (Å²) in [4.78, 5) is 22.8. The summed E-state index contributed by atoms with van der Waals surface area (Å²) >= 11 is 1.55. The average molecular weight is 541 g/mol. The number of nitrogens with zero attached hydrogens (tertiary/aromatic N) is 2. The van der Waals surface area contributed by atoms with Gasteiger partial charge in [0.2, 0.25) is 0 Å². The Morgan fingerprint density at radius 2 is 1.59 bits per heavy atom. The summed E-state index contributed by atoms with van der Waals surface area (Å²) in [5, 5.41) is 9.38. The molecule has 0 saturated heterocycles. The number of methoxy groups -OCH3 is 1. The van der Waals surface area contributed by atoms with Gasteiger partial charge in [-0.2, -0.15) is 0 Å². The van der Waals surface area contributed by atoms with Gasteiger partial charge in [-0.15, -0.1) is 11.3 Å². The minimum atomic E-state index is -0.236. The van der Waals surface area contributed by atoms with Crippen LogP contribution in [0.4, 0.5) is 17.2 Å². The molecule has 0 aliphatic rings. The Balaban J connectivity index is 1.54. The second-order valence-corrected chi connectivity index (χ2v) is 9.29. The fourth-order valence-corrected chi connectivity index (χ4v) is 5.09. The third kappa shape index (κ3) is 5.63. The second-order valence-electron chi connectivity index (χ2n) is 8.44. The summed E-state index contributed by atoms with van der Waals surface area (Å²) in [6.45, 7) is 4.66. The molecular weight excluding hydrogens is 512 g/mol. The van der Waals surface area contributed by atoms with E-state index in [1.165, 1.54) is 6.33 Å². The van der Waals surface area contributed by atoms with E-state index in [2.05, 4.69) is 26.0 Å². The largest absolute Gasteiger partial charge is 0.497 e. The van der Waals surface area contributed by atoms with Gasteiger partial charge in [-0.3, -0.25) is 4.79 Å². The Hall–Kier alpha value is -4.63. The van der Waals surface area contributed by atoms with Crippen molar-refractivity contribution in [3.05, 3.63) is 84.0 Å². The Kier molecular flexibility index (Phi) is 7.88. The molecule has 5 aromatic rings.